The molecule has 9 atom stereocenters. The van der Waals surface area contributed by atoms with Crippen molar-refractivity contribution in [1.29, 1.82) is 0 Å². The zero-order valence-electron chi connectivity index (χ0n) is 59.2. The van der Waals surface area contributed by atoms with Gasteiger partial charge in [0.2, 0.25) is 11.6 Å². The van der Waals surface area contributed by atoms with Gasteiger partial charge in [0, 0.05) is 72.7 Å². The van der Waals surface area contributed by atoms with Crippen LogP contribution < -0.4 is 20.9 Å². The molecule has 100 heavy (non-hydrogen) atoms. The van der Waals surface area contributed by atoms with Gasteiger partial charge in [-0.3, -0.25) is 14.4 Å². The van der Waals surface area contributed by atoms with E-state index in [0.717, 1.165) is 116 Å². The summed E-state index contributed by atoms with van der Waals surface area (Å²) in [6, 6.07) is 39.7. The number of carbonyl (C=O) groups excluding carboxylic acids is 5. The SMILES string of the molecule is CC(=O)c1ccc2nc3c4c(c5ccccc5c3nc2c1)OC(C)(C)[C@H]1CC[C@H](C)C[C@H]41.COC(=O)c1ccc(N)c(N)c1.COC(=O)c1ccc2nc3c(nc2c1)c1c(c2ccccc23)OC(C)(C)[C@H]2CC[C@H](C)C[C@H]12.C[C@H]1CC[C@H]2[C@H](C1)C1=C(OC2(C)C)c2ccccc2C(=O)C1=O. The molecule has 2 aromatic heterocycles. The number of anilines is 2. The first kappa shape index (κ1) is 67.4. The molecule has 16 nitrogen and oxygen atoms in total. The summed E-state index contributed by atoms with van der Waals surface area (Å²) in [5.74, 6) is 5.19. The number of carbonyl (C=O) groups is 5. The van der Waals surface area contributed by atoms with Crippen LogP contribution in [0.25, 0.3) is 71.4 Å². The summed E-state index contributed by atoms with van der Waals surface area (Å²) in [4.78, 5) is 80.8. The van der Waals surface area contributed by atoms with E-state index in [9.17, 15) is 24.0 Å². The molecule has 8 aromatic carbocycles. The van der Waals surface area contributed by atoms with Crippen LogP contribution in [0.1, 0.15) is 197 Å². The number of benzene rings is 8. The Morgan fingerprint density at radius 2 is 0.840 bits per heavy atom. The van der Waals surface area contributed by atoms with E-state index in [1.54, 1.807) is 43.3 Å². The molecule has 0 spiro atoms. The van der Waals surface area contributed by atoms with Gasteiger partial charge in [-0.05, 0) is 177 Å². The van der Waals surface area contributed by atoms with E-state index in [4.69, 9.17) is 50.4 Å². The third-order valence-electron chi connectivity index (χ3n) is 22.9. The number of allylic oxidation sites excluding steroid dienone is 1. The Balaban J connectivity index is 0.000000119. The maximum absolute atomic E-state index is 12.8. The first-order valence-corrected chi connectivity index (χ1v) is 35.4. The highest BCUT2D eigenvalue weighted by Crippen LogP contribution is 2.59. The second-order valence-corrected chi connectivity index (χ2v) is 30.7. The van der Waals surface area contributed by atoms with E-state index < -0.39 is 5.97 Å². The van der Waals surface area contributed by atoms with Gasteiger partial charge in [-0.2, -0.15) is 0 Å². The molecule has 5 heterocycles. The molecule has 10 aromatic rings. The summed E-state index contributed by atoms with van der Waals surface area (Å²) in [6.45, 7) is 21.7. The van der Waals surface area contributed by atoms with E-state index in [2.05, 4.69) is 103 Å². The highest BCUT2D eigenvalue weighted by atomic mass is 16.5. The zero-order chi connectivity index (χ0) is 70.6. The first-order chi connectivity index (χ1) is 47.7. The van der Waals surface area contributed by atoms with E-state index in [-0.39, 0.29) is 46.0 Å². The predicted octanol–water partition coefficient (Wildman–Crippen LogP) is 17.9. The van der Waals surface area contributed by atoms with Crippen LogP contribution in [0.3, 0.4) is 0 Å². The lowest BCUT2D eigenvalue weighted by Crippen LogP contribution is -2.49. The van der Waals surface area contributed by atoms with Gasteiger partial charge in [-0.1, -0.05) is 113 Å². The summed E-state index contributed by atoms with van der Waals surface area (Å²) < 4.78 is 29.3. The minimum absolute atomic E-state index is 0.0405. The van der Waals surface area contributed by atoms with Crippen LogP contribution in [0.4, 0.5) is 11.4 Å². The van der Waals surface area contributed by atoms with Crippen LogP contribution in [0.15, 0.2) is 133 Å². The van der Waals surface area contributed by atoms with Crippen molar-refractivity contribution >= 4 is 112 Å². The minimum Gasteiger partial charge on any atom is -0.487 e. The number of methoxy groups -OCH3 is 2. The van der Waals surface area contributed by atoms with E-state index in [1.807, 2.05) is 48.5 Å². The molecule has 4 N–H and O–H groups in total. The fourth-order valence-electron chi connectivity index (χ4n) is 17.8. The predicted molar refractivity (Wildman–Crippen MR) is 393 cm³/mol. The molecule has 514 valence electrons. The standard InChI is InChI=1S/C28H28N2O3.C28H28N2O2.C20H22O3.C8H10N2O2/c1-15-9-11-20-19(13-15)23-25-24(17-7-5-6-8-18(17)26(23)33-28(20,2)3)29-21-12-10-16(27(31)32-4)14-22(21)30-25;1-15-9-11-21-20(13-15)24-26-25(30-23-14-17(16(2)31)10-12-22(23)29-26)18-7-5-6-8-19(18)27(24)32-28(21,3)4;1-11-8-9-15-14(10-11)16-18(22)17(21)12-6-4-5-7-13(12)19(16)23-20(15,2)3;1-12-8(11)5-2-3-6(9)7(10)4-5/h5-8,10,12,14-15,19-20H,9,11,13H2,1-4H3;5-8,10,12,14-15,20-21H,9,11,13H2,1-4H3;4-7,11,14-15H,8-10H2,1-3H3;2-4H,9-10H2,1H3/t15-,19-,20-;15-,20-,21-;11-,14-,15-;/m000./s1. The summed E-state index contributed by atoms with van der Waals surface area (Å²) in [6.07, 6.45) is 10.3. The Morgan fingerprint density at radius 1 is 0.440 bits per heavy atom. The number of esters is 2. The Labute approximate surface area is 583 Å². The molecule has 0 radical (unpaired) electrons. The second kappa shape index (κ2) is 25.7. The lowest BCUT2D eigenvalue weighted by atomic mass is 9.62. The zero-order valence-corrected chi connectivity index (χ0v) is 59.2. The van der Waals surface area contributed by atoms with Crippen molar-refractivity contribution in [3.63, 3.8) is 0 Å². The van der Waals surface area contributed by atoms with Crippen molar-refractivity contribution in [2.45, 2.75) is 156 Å². The number of nitrogens with two attached hydrogens (primary N) is 2. The van der Waals surface area contributed by atoms with Gasteiger partial charge in [-0.15, -0.1) is 0 Å². The summed E-state index contributed by atoms with van der Waals surface area (Å²) in [7, 11) is 2.71. The van der Waals surface area contributed by atoms with Crippen LogP contribution in [0.5, 0.6) is 11.5 Å². The van der Waals surface area contributed by atoms with Crippen LogP contribution in [0.2, 0.25) is 0 Å². The molecule has 3 aliphatic heterocycles. The Hall–Kier alpha value is -9.83. The van der Waals surface area contributed by atoms with Crippen molar-refractivity contribution < 1.29 is 47.7 Å². The molecule has 17 rings (SSSR count). The topological polar surface area (TPSA) is 235 Å². The van der Waals surface area contributed by atoms with Crippen LogP contribution >= 0.6 is 0 Å². The molecular formula is C84H88N6O10. The smallest absolute Gasteiger partial charge is 0.337 e. The number of hydrogen-bond acceptors (Lipinski definition) is 16. The Morgan fingerprint density at radius 3 is 1.34 bits per heavy atom. The van der Waals surface area contributed by atoms with Gasteiger partial charge in [0.25, 0.3) is 0 Å². The number of rotatable bonds is 3. The number of nitrogen functional groups attached to an aromatic ring is 2. The normalized spacial score (nSPS) is 24.0. The third-order valence-corrected chi connectivity index (χ3v) is 22.9. The fraction of sp³-hybridized carbons (Fsp3) is 0.393. The van der Waals surface area contributed by atoms with Gasteiger partial charge in [0.05, 0.1) is 80.9 Å². The van der Waals surface area contributed by atoms with Crippen LogP contribution in [0, 0.1) is 41.4 Å². The number of nitrogens with zero attached hydrogens (tertiary/aromatic N) is 4. The average Bonchev–Trinajstić information content (AvgIpc) is 0.724. The van der Waals surface area contributed by atoms with E-state index in [1.165, 1.54) is 50.7 Å². The summed E-state index contributed by atoms with van der Waals surface area (Å²) in [5.41, 5.74) is 23.7. The van der Waals surface area contributed by atoms with Gasteiger partial charge < -0.3 is 35.2 Å². The number of Topliss-reactive ketones (excluding diaryl/α,β-unsaturated/α-hetero) is 3. The number of ketones is 3. The molecule has 0 amide bonds. The average molecular weight is 1340 g/mol. The van der Waals surface area contributed by atoms with Crippen molar-refractivity contribution in [3.8, 4) is 11.5 Å². The van der Waals surface area contributed by atoms with Gasteiger partial charge >= 0.3 is 11.9 Å². The van der Waals surface area contributed by atoms with Crippen LogP contribution in [-0.4, -0.2) is 80.2 Å². The lowest BCUT2D eigenvalue weighted by Gasteiger charge is -2.50. The van der Waals surface area contributed by atoms with E-state index in [0.29, 0.717) is 97.8 Å². The third kappa shape index (κ3) is 11.8. The molecule has 0 saturated heterocycles. The van der Waals surface area contributed by atoms with Crippen molar-refractivity contribution in [2.24, 2.45) is 41.4 Å². The van der Waals surface area contributed by atoms with E-state index >= 15 is 0 Å². The molecular weight excluding hydrogens is 1250 g/mol. The van der Waals surface area contributed by atoms with Gasteiger partial charge in [-0.25, -0.2) is 29.5 Å². The van der Waals surface area contributed by atoms with Crippen molar-refractivity contribution in [2.75, 3.05) is 25.7 Å². The number of aromatic nitrogens is 4. The second-order valence-electron chi connectivity index (χ2n) is 30.7. The molecule has 3 saturated carbocycles. The Kier molecular flexibility index (Phi) is 17.3. The van der Waals surface area contributed by atoms with Gasteiger partial charge in [0.1, 0.15) is 34.1 Å². The first-order valence-electron chi connectivity index (χ1n) is 35.4. The summed E-state index contributed by atoms with van der Waals surface area (Å²) in [5, 5.41) is 4.32. The maximum Gasteiger partial charge on any atom is 0.337 e. The highest BCUT2D eigenvalue weighted by Gasteiger charge is 2.53. The lowest BCUT2D eigenvalue weighted by molar-refractivity contribution is -0.115. The van der Waals surface area contributed by atoms with Crippen molar-refractivity contribution in [1.82, 2.24) is 19.9 Å². The molecule has 0 unspecified atom stereocenters. The maximum atomic E-state index is 12.8. The molecule has 3 fully saturated rings. The summed E-state index contributed by atoms with van der Waals surface area (Å²) >= 11 is 0. The van der Waals surface area contributed by atoms with Gasteiger partial charge in [0.15, 0.2) is 5.78 Å². The molecule has 7 aliphatic rings. The van der Waals surface area contributed by atoms with Crippen molar-refractivity contribution in [3.05, 3.63) is 172 Å². The number of hydrogen-bond donors (Lipinski definition) is 2. The largest absolute Gasteiger partial charge is 0.487 e. The Bertz CT molecular complexity index is 5090. The fourth-order valence-corrected chi connectivity index (χ4v) is 17.8. The monoisotopic (exact) mass is 1340 g/mol. The minimum atomic E-state index is -0.415. The van der Waals surface area contributed by atoms with Crippen LogP contribution in [-0.2, 0) is 19.0 Å². The number of ether oxygens (including phenoxy) is 5. The number of fused-ring (bicyclic) bond motifs is 22. The molecule has 0 bridgehead atoms. The molecule has 4 aliphatic carbocycles. The highest BCUT2D eigenvalue weighted by molar-refractivity contribution is 6.52. The molecule has 16 heteroatoms. The quantitative estimate of drug-likeness (QED) is 0.0418.